The van der Waals surface area contributed by atoms with E-state index < -0.39 is 0 Å². The Balaban J connectivity index is 1.65. The number of rotatable bonds is 4. The number of carbonyl (C=O) groups excluding carboxylic acids is 1. The van der Waals surface area contributed by atoms with E-state index in [2.05, 4.69) is 15.5 Å². The van der Waals surface area contributed by atoms with Gasteiger partial charge in [0.2, 0.25) is 0 Å². The largest absolute Gasteiger partial charge is 0.497 e. The first-order valence-corrected chi connectivity index (χ1v) is 9.35. The number of carbonyl (C=O) groups is 1. The summed E-state index contributed by atoms with van der Waals surface area (Å²) in [5.41, 5.74) is 6.73. The van der Waals surface area contributed by atoms with Crippen molar-refractivity contribution in [2.24, 2.45) is 0 Å². The molecule has 0 saturated carbocycles. The molecule has 6 heteroatoms. The summed E-state index contributed by atoms with van der Waals surface area (Å²) < 4.78 is 5.19. The van der Waals surface area contributed by atoms with E-state index in [1.54, 1.807) is 11.9 Å². The molecule has 29 heavy (non-hydrogen) atoms. The Kier molecular flexibility index (Phi) is 4.76. The van der Waals surface area contributed by atoms with Gasteiger partial charge in [0.15, 0.2) is 0 Å². The van der Waals surface area contributed by atoms with Crippen molar-refractivity contribution in [3.8, 4) is 11.4 Å². The van der Waals surface area contributed by atoms with Crippen molar-refractivity contribution < 1.29 is 9.53 Å². The molecule has 146 valence electrons. The first-order valence-electron chi connectivity index (χ1n) is 9.35. The summed E-state index contributed by atoms with van der Waals surface area (Å²) in [5, 5.41) is 12.1. The van der Waals surface area contributed by atoms with E-state index in [1.165, 1.54) is 0 Å². The van der Waals surface area contributed by atoms with Crippen LogP contribution in [-0.4, -0.2) is 28.0 Å². The Morgan fingerprint density at radius 2 is 1.52 bits per heavy atom. The highest BCUT2D eigenvalue weighted by atomic mass is 16.5. The zero-order chi connectivity index (χ0) is 20.5. The molecule has 0 aliphatic heterocycles. The third kappa shape index (κ3) is 3.82. The number of fused-ring (bicyclic) bond motifs is 1. The summed E-state index contributed by atoms with van der Waals surface area (Å²) in [7, 11) is 1.63. The van der Waals surface area contributed by atoms with E-state index in [9.17, 15) is 4.79 Å². The van der Waals surface area contributed by atoms with Crippen LogP contribution in [0.15, 0.2) is 54.6 Å². The molecule has 0 bridgehead atoms. The Labute approximate surface area is 169 Å². The fraction of sp³-hybridized carbons (Fsp3) is 0.174. The number of methoxy groups -OCH3 is 1. The lowest BCUT2D eigenvalue weighted by atomic mass is 10.1. The molecule has 3 aromatic carbocycles. The third-order valence-electron chi connectivity index (χ3n) is 4.76. The normalized spacial score (nSPS) is 10.9. The first-order chi connectivity index (χ1) is 13.9. The van der Waals surface area contributed by atoms with Crippen LogP contribution in [0.3, 0.4) is 0 Å². The lowest BCUT2D eigenvalue weighted by Crippen LogP contribution is -2.13. The minimum atomic E-state index is -0.137. The molecule has 0 unspecified atom stereocenters. The van der Waals surface area contributed by atoms with Gasteiger partial charge in [-0.05, 0) is 74.9 Å². The summed E-state index contributed by atoms with van der Waals surface area (Å²) in [4.78, 5) is 14.3. The Bertz CT molecular complexity index is 1190. The van der Waals surface area contributed by atoms with Crippen LogP contribution >= 0.6 is 0 Å². The summed E-state index contributed by atoms with van der Waals surface area (Å²) >= 11 is 0. The van der Waals surface area contributed by atoms with E-state index in [-0.39, 0.29) is 5.91 Å². The molecule has 1 aromatic heterocycles. The molecule has 0 radical (unpaired) electrons. The van der Waals surface area contributed by atoms with Gasteiger partial charge in [0.05, 0.1) is 12.8 Å². The summed E-state index contributed by atoms with van der Waals surface area (Å²) in [6, 6.07) is 17.1. The quantitative estimate of drug-likeness (QED) is 0.556. The molecule has 0 spiro atoms. The molecule has 0 fully saturated rings. The molecule has 0 saturated heterocycles. The second kappa shape index (κ2) is 7.39. The maximum Gasteiger partial charge on any atom is 0.255 e. The summed E-state index contributed by atoms with van der Waals surface area (Å²) in [5.74, 6) is 0.638. The maximum atomic E-state index is 12.7. The first kappa shape index (κ1) is 18.7. The minimum absolute atomic E-state index is 0.137. The Hall–Kier alpha value is -3.67. The number of hydrogen-bond acceptors (Lipinski definition) is 4. The topological polar surface area (TPSA) is 69.0 Å². The predicted molar refractivity (Wildman–Crippen MR) is 114 cm³/mol. The van der Waals surface area contributed by atoms with Crippen LogP contribution in [0, 0.1) is 20.8 Å². The highest BCUT2D eigenvalue weighted by Gasteiger charge is 2.12. The number of nitrogens with one attached hydrogen (secondary N) is 1. The van der Waals surface area contributed by atoms with Crippen molar-refractivity contribution >= 4 is 22.6 Å². The second-order valence-electron chi connectivity index (χ2n) is 7.17. The van der Waals surface area contributed by atoms with Crippen molar-refractivity contribution in [2.45, 2.75) is 20.8 Å². The van der Waals surface area contributed by atoms with E-state index in [4.69, 9.17) is 4.74 Å². The molecule has 4 rings (SSSR count). The number of anilines is 1. The van der Waals surface area contributed by atoms with Gasteiger partial charge in [0, 0.05) is 11.3 Å². The van der Waals surface area contributed by atoms with Crippen LogP contribution in [0.1, 0.15) is 27.0 Å². The Morgan fingerprint density at radius 1 is 0.897 bits per heavy atom. The monoisotopic (exact) mass is 386 g/mol. The van der Waals surface area contributed by atoms with Gasteiger partial charge in [-0.1, -0.05) is 17.2 Å². The van der Waals surface area contributed by atoms with Gasteiger partial charge in [0.25, 0.3) is 5.91 Å². The second-order valence-corrected chi connectivity index (χ2v) is 7.17. The molecule has 4 aromatic rings. The van der Waals surface area contributed by atoms with Crippen LogP contribution < -0.4 is 10.1 Å². The van der Waals surface area contributed by atoms with Crippen molar-refractivity contribution in [1.29, 1.82) is 0 Å². The van der Waals surface area contributed by atoms with Crippen molar-refractivity contribution in [3.63, 3.8) is 0 Å². The number of hydrogen-bond donors (Lipinski definition) is 1. The zero-order valence-electron chi connectivity index (χ0n) is 16.9. The third-order valence-corrected chi connectivity index (χ3v) is 4.76. The molecule has 1 heterocycles. The van der Waals surface area contributed by atoms with E-state index in [0.717, 1.165) is 39.3 Å². The number of benzene rings is 3. The molecule has 0 aliphatic rings. The number of aromatic nitrogens is 3. The van der Waals surface area contributed by atoms with Crippen molar-refractivity contribution in [3.05, 3.63) is 76.9 Å². The van der Waals surface area contributed by atoms with E-state index >= 15 is 0 Å². The highest BCUT2D eigenvalue weighted by molar-refractivity contribution is 6.05. The fourth-order valence-electron chi connectivity index (χ4n) is 3.33. The van der Waals surface area contributed by atoms with Crippen LogP contribution in [0.2, 0.25) is 0 Å². The molecule has 6 nitrogen and oxygen atoms in total. The van der Waals surface area contributed by atoms with Crippen LogP contribution in [-0.2, 0) is 0 Å². The van der Waals surface area contributed by atoms with Gasteiger partial charge in [-0.3, -0.25) is 4.79 Å². The molecular weight excluding hydrogens is 364 g/mol. The van der Waals surface area contributed by atoms with Gasteiger partial charge in [-0.25, -0.2) is 0 Å². The van der Waals surface area contributed by atoms with Gasteiger partial charge >= 0.3 is 0 Å². The van der Waals surface area contributed by atoms with Crippen LogP contribution in [0.25, 0.3) is 16.7 Å². The Morgan fingerprint density at radius 3 is 2.14 bits per heavy atom. The van der Waals surface area contributed by atoms with E-state index in [1.807, 2.05) is 75.4 Å². The number of nitrogens with zero attached hydrogens (tertiary/aromatic N) is 3. The van der Waals surface area contributed by atoms with Gasteiger partial charge < -0.3 is 10.1 Å². The lowest BCUT2D eigenvalue weighted by molar-refractivity contribution is 0.102. The molecule has 1 amide bonds. The van der Waals surface area contributed by atoms with Crippen molar-refractivity contribution in [1.82, 2.24) is 15.0 Å². The SMILES string of the molecule is COc1ccc(-n2nc3cc(C)c(NC(=O)c4cc(C)cc(C)c4)cc3n2)cc1. The summed E-state index contributed by atoms with van der Waals surface area (Å²) in [6.07, 6.45) is 0. The van der Waals surface area contributed by atoms with Crippen LogP contribution in [0.4, 0.5) is 5.69 Å². The maximum absolute atomic E-state index is 12.7. The molecule has 1 N–H and O–H groups in total. The smallest absolute Gasteiger partial charge is 0.255 e. The summed E-state index contributed by atoms with van der Waals surface area (Å²) in [6.45, 7) is 5.92. The highest BCUT2D eigenvalue weighted by Crippen LogP contribution is 2.23. The van der Waals surface area contributed by atoms with Gasteiger partial charge in [-0.15, -0.1) is 10.2 Å². The zero-order valence-corrected chi connectivity index (χ0v) is 16.9. The fourth-order valence-corrected chi connectivity index (χ4v) is 3.33. The van der Waals surface area contributed by atoms with Crippen molar-refractivity contribution in [2.75, 3.05) is 12.4 Å². The number of ether oxygens (including phenoxy) is 1. The minimum Gasteiger partial charge on any atom is -0.497 e. The standard InChI is InChI=1S/C23H22N4O2/c1-14-9-15(2)11-17(10-14)23(28)24-20-13-22-21(12-16(20)3)25-27(26-22)18-5-7-19(29-4)8-6-18/h5-13H,1-4H3,(H,24,28). The molecular formula is C23H22N4O2. The molecule has 0 aliphatic carbocycles. The average Bonchev–Trinajstić information content (AvgIpc) is 3.10. The molecule has 0 atom stereocenters. The van der Waals surface area contributed by atoms with Crippen LogP contribution in [0.5, 0.6) is 5.75 Å². The predicted octanol–water partition coefficient (Wildman–Crippen LogP) is 4.61. The van der Waals surface area contributed by atoms with E-state index in [0.29, 0.717) is 11.1 Å². The van der Waals surface area contributed by atoms with Gasteiger partial charge in [0.1, 0.15) is 16.8 Å². The average molecular weight is 386 g/mol. The van der Waals surface area contributed by atoms with Gasteiger partial charge in [-0.2, -0.15) is 4.80 Å². The lowest BCUT2D eigenvalue weighted by Gasteiger charge is -2.09. The number of amides is 1. The number of aryl methyl sites for hydroxylation is 3.